The van der Waals surface area contributed by atoms with Crippen molar-refractivity contribution in [2.45, 2.75) is 39.2 Å². The van der Waals surface area contributed by atoms with Gasteiger partial charge in [0.2, 0.25) is 0 Å². The molecule has 1 rings (SSSR count). The van der Waals surface area contributed by atoms with Gasteiger partial charge in [0.25, 0.3) is 0 Å². The summed E-state index contributed by atoms with van der Waals surface area (Å²) < 4.78 is 0. The molecule has 2 heteroatoms. The summed E-state index contributed by atoms with van der Waals surface area (Å²) in [5.41, 5.74) is 2.56. The van der Waals surface area contributed by atoms with E-state index in [-0.39, 0.29) is 6.10 Å². The van der Waals surface area contributed by atoms with Crippen molar-refractivity contribution in [2.75, 3.05) is 0 Å². The Morgan fingerprint density at radius 2 is 2.25 bits per heavy atom. The number of aliphatic hydroxyl groups excluding tert-OH is 1. The summed E-state index contributed by atoms with van der Waals surface area (Å²) in [4.78, 5) is 0. The zero-order valence-electron chi connectivity index (χ0n) is 9.91. The average Bonchev–Trinajstić information content (AvgIpc) is 2.16. The number of hydrogen-bond acceptors (Lipinski definition) is 1. The average molecular weight is 239 g/mol. The summed E-state index contributed by atoms with van der Waals surface area (Å²) in [6, 6.07) is 7.93. The molecule has 0 saturated heterocycles. The summed E-state index contributed by atoms with van der Waals surface area (Å²) in [6.07, 6.45) is 4.67. The molecular weight excluding hydrogens is 220 g/mol. The van der Waals surface area contributed by atoms with Crippen LogP contribution in [0.2, 0.25) is 5.02 Å². The van der Waals surface area contributed by atoms with Crippen molar-refractivity contribution < 1.29 is 5.11 Å². The monoisotopic (exact) mass is 238 g/mol. The van der Waals surface area contributed by atoms with Gasteiger partial charge < -0.3 is 5.11 Å². The molecule has 0 aromatic heterocycles. The molecule has 0 amide bonds. The zero-order valence-corrected chi connectivity index (χ0v) is 10.7. The van der Waals surface area contributed by atoms with Crippen molar-refractivity contribution in [3.8, 4) is 0 Å². The van der Waals surface area contributed by atoms with Gasteiger partial charge in [-0.25, -0.2) is 0 Å². The maximum absolute atomic E-state index is 9.14. The van der Waals surface area contributed by atoms with E-state index in [1.165, 1.54) is 11.1 Å². The lowest BCUT2D eigenvalue weighted by Crippen LogP contribution is -1.97. The van der Waals surface area contributed by atoms with E-state index in [1.54, 1.807) is 0 Å². The molecule has 88 valence electrons. The molecule has 0 saturated carbocycles. The number of allylic oxidation sites excluding steroid dienone is 2. The van der Waals surface area contributed by atoms with Gasteiger partial charge in [0.1, 0.15) is 0 Å². The summed E-state index contributed by atoms with van der Waals surface area (Å²) in [5.74, 6) is 0. The van der Waals surface area contributed by atoms with Crippen molar-refractivity contribution in [1.29, 1.82) is 0 Å². The van der Waals surface area contributed by atoms with Crippen molar-refractivity contribution in [1.82, 2.24) is 0 Å². The molecule has 0 bridgehead atoms. The molecule has 0 radical (unpaired) electrons. The fourth-order valence-corrected chi connectivity index (χ4v) is 1.82. The van der Waals surface area contributed by atoms with Crippen molar-refractivity contribution in [2.24, 2.45) is 0 Å². The molecule has 1 aromatic rings. The lowest BCUT2D eigenvalue weighted by Gasteiger charge is -2.04. The van der Waals surface area contributed by atoms with E-state index in [9.17, 15) is 0 Å². The Hall–Kier alpha value is -0.790. The van der Waals surface area contributed by atoms with Gasteiger partial charge in [-0.15, -0.1) is 0 Å². The van der Waals surface area contributed by atoms with Crippen LogP contribution < -0.4 is 0 Å². The smallest absolute Gasteiger partial charge is 0.0515 e. The topological polar surface area (TPSA) is 20.2 Å². The van der Waals surface area contributed by atoms with E-state index in [4.69, 9.17) is 16.7 Å². The first-order valence-corrected chi connectivity index (χ1v) is 6.04. The normalized spacial score (nSPS) is 13.9. The van der Waals surface area contributed by atoms with E-state index in [0.717, 1.165) is 24.3 Å². The third kappa shape index (κ3) is 5.34. The van der Waals surface area contributed by atoms with E-state index in [1.807, 2.05) is 25.1 Å². The standard InChI is InChI=1S/C14H19ClO/c1-11(5-3-6-12(2)16)9-13-7-4-8-14(15)10-13/h4-5,7-8,10,12,16H,3,6,9H2,1-2H3/b11-5+. The third-order valence-electron chi connectivity index (χ3n) is 2.45. The SMILES string of the molecule is C/C(=C\CCC(C)O)Cc1cccc(Cl)c1. The van der Waals surface area contributed by atoms with Gasteiger partial charge in [0, 0.05) is 5.02 Å². The molecule has 1 unspecified atom stereocenters. The number of benzene rings is 1. The minimum Gasteiger partial charge on any atom is -0.393 e. The van der Waals surface area contributed by atoms with Gasteiger partial charge in [-0.1, -0.05) is 35.4 Å². The molecule has 0 fully saturated rings. The van der Waals surface area contributed by atoms with Crippen molar-refractivity contribution >= 4 is 11.6 Å². The minimum atomic E-state index is -0.213. The van der Waals surface area contributed by atoms with Crippen molar-refractivity contribution in [3.63, 3.8) is 0 Å². The molecule has 0 spiro atoms. The Kier molecular flexibility index (Phi) is 5.58. The lowest BCUT2D eigenvalue weighted by molar-refractivity contribution is 0.186. The number of rotatable bonds is 5. The molecule has 0 aliphatic heterocycles. The van der Waals surface area contributed by atoms with Crippen LogP contribution in [-0.2, 0) is 6.42 Å². The van der Waals surface area contributed by atoms with Gasteiger partial charge in [-0.2, -0.15) is 0 Å². The highest BCUT2D eigenvalue weighted by Crippen LogP contribution is 2.14. The highest BCUT2D eigenvalue weighted by Gasteiger charge is 1.97. The van der Waals surface area contributed by atoms with E-state index >= 15 is 0 Å². The van der Waals surface area contributed by atoms with Gasteiger partial charge in [0.05, 0.1) is 6.10 Å². The second kappa shape index (κ2) is 6.72. The Morgan fingerprint density at radius 3 is 2.88 bits per heavy atom. The van der Waals surface area contributed by atoms with Crippen LogP contribution >= 0.6 is 11.6 Å². The van der Waals surface area contributed by atoms with Crippen molar-refractivity contribution in [3.05, 3.63) is 46.5 Å². The summed E-state index contributed by atoms with van der Waals surface area (Å²) in [5, 5.41) is 9.93. The molecule has 0 aliphatic rings. The van der Waals surface area contributed by atoms with E-state index in [0.29, 0.717) is 0 Å². The van der Waals surface area contributed by atoms with Gasteiger partial charge >= 0.3 is 0 Å². The quantitative estimate of drug-likeness (QED) is 0.769. The molecule has 1 N–H and O–H groups in total. The van der Waals surface area contributed by atoms with Crippen LogP contribution in [-0.4, -0.2) is 11.2 Å². The fraction of sp³-hybridized carbons (Fsp3) is 0.429. The van der Waals surface area contributed by atoms with Gasteiger partial charge in [-0.05, 0) is 50.8 Å². The molecule has 0 aliphatic carbocycles. The van der Waals surface area contributed by atoms with E-state index in [2.05, 4.69) is 19.1 Å². The number of hydrogen-bond donors (Lipinski definition) is 1. The molecule has 1 aromatic carbocycles. The van der Waals surface area contributed by atoms with Gasteiger partial charge in [0.15, 0.2) is 0 Å². The first-order chi connectivity index (χ1) is 7.58. The zero-order chi connectivity index (χ0) is 12.0. The fourth-order valence-electron chi connectivity index (χ4n) is 1.61. The Balaban J connectivity index is 2.47. The summed E-state index contributed by atoms with van der Waals surface area (Å²) in [7, 11) is 0. The maximum Gasteiger partial charge on any atom is 0.0515 e. The molecule has 16 heavy (non-hydrogen) atoms. The first-order valence-electron chi connectivity index (χ1n) is 5.66. The lowest BCUT2D eigenvalue weighted by atomic mass is 10.0. The molecule has 1 atom stereocenters. The largest absolute Gasteiger partial charge is 0.393 e. The molecule has 1 nitrogen and oxygen atoms in total. The van der Waals surface area contributed by atoms with Crippen LogP contribution in [0.1, 0.15) is 32.3 Å². The third-order valence-corrected chi connectivity index (χ3v) is 2.68. The number of aliphatic hydroxyl groups is 1. The number of halogens is 1. The summed E-state index contributed by atoms with van der Waals surface area (Å²) >= 11 is 5.92. The van der Waals surface area contributed by atoms with Crippen LogP contribution in [0, 0.1) is 0 Å². The second-order valence-electron chi connectivity index (χ2n) is 4.28. The van der Waals surface area contributed by atoms with Crippen LogP contribution in [0.15, 0.2) is 35.9 Å². The highest BCUT2D eigenvalue weighted by atomic mass is 35.5. The van der Waals surface area contributed by atoms with Crippen LogP contribution in [0.5, 0.6) is 0 Å². The second-order valence-corrected chi connectivity index (χ2v) is 4.72. The predicted molar refractivity (Wildman–Crippen MR) is 69.8 cm³/mol. The maximum atomic E-state index is 9.14. The summed E-state index contributed by atoms with van der Waals surface area (Å²) in [6.45, 7) is 3.93. The minimum absolute atomic E-state index is 0.213. The Bertz CT molecular complexity index is 356. The Labute approximate surface area is 103 Å². The highest BCUT2D eigenvalue weighted by molar-refractivity contribution is 6.30. The van der Waals surface area contributed by atoms with Crippen LogP contribution in [0.3, 0.4) is 0 Å². The Morgan fingerprint density at radius 1 is 1.50 bits per heavy atom. The van der Waals surface area contributed by atoms with Gasteiger partial charge in [-0.3, -0.25) is 0 Å². The van der Waals surface area contributed by atoms with Crippen LogP contribution in [0.4, 0.5) is 0 Å². The molecular formula is C14H19ClO. The van der Waals surface area contributed by atoms with E-state index < -0.39 is 0 Å². The predicted octanol–water partition coefficient (Wildman–Crippen LogP) is 3.99. The van der Waals surface area contributed by atoms with Crippen LogP contribution in [0.25, 0.3) is 0 Å². The first kappa shape index (κ1) is 13.3. The molecule has 0 heterocycles.